The van der Waals surface area contributed by atoms with Crippen LogP contribution in [-0.2, 0) is 47.4 Å². The van der Waals surface area contributed by atoms with Crippen molar-refractivity contribution in [3.05, 3.63) is 0 Å². The molecule has 0 aliphatic rings. The number of methoxy groups -OCH3 is 1. The molecule has 0 saturated carbocycles. The largest absolute Gasteiger partial charge is 0.394 e. The van der Waals surface area contributed by atoms with Crippen LogP contribution in [0.5, 0.6) is 0 Å². The van der Waals surface area contributed by atoms with Crippen LogP contribution in [0.1, 0.15) is 0 Å². The van der Waals surface area contributed by atoms with Crippen LogP contribution in [0.2, 0.25) is 0 Å². The number of hydrogen-bond donors (Lipinski definition) is 4. The molecule has 0 spiro atoms. The zero-order chi connectivity index (χ0) is 27.3. The van der Waals surface area contributed by atoms with Crippen molar-refractivity contribution in [2.75, 3.05) is 139 Å². The number of hydrogen-bond acceptors (Lipinski definition) is 13. The zero-order valence-corrected chi connectivity index (χ0v) is 22.1. The lowest BCUT2D eigenvalue weighted by Crippen LogP contribution is -2.57. The second-order valence-corrected chi connectivity index (χ2v) is 7.63. The van der Waals surface area contributed by atoms with Crippen molar-refractivity contribution in [1.82, 2.24) is 5.32 Å². The van der Waals surface area contributed by atoms with Crippen molar-refractivity contribution in [1.29, 1.82) is 0 Å². The average molecular weight is 546 g/mol. The molecule has 0 rings (SSSR count). The van der Waals surface area contributed by atoms with Gasteiger partial charge in [-0.1, -0.05) is 0 Å². The number of carbonyl (C=O) groups is 1. The second-order valence-electron chi connectivity index (χ2n) is 7.63. The minimum Gasteiger partial charge on any atom is -0.394 e. The fourth-order valence-corrected chi connectivity index (χ4v) is 2.45. The first-order valence-corrected chi connectivity index (χ1v) is 12.4. The highest BCUT2D eigenvalue weighted by Gasteiger charge is 2.29. The summed E-state index contributed by atoms with van der Waals surface area (Å²) in [5.74, 6) is -0.559. The first-order chi connectivity index (χ1) is 18.1. The van der Waals surface area contributed by atoms with Gasteiger partial charge in [-0.2, -0.15) is 0 Å². The number of nitrogens with one attached hydrogen (secondary N) is 1. The van der Waals surface area contributed by atoms with E-state index in [1.807, 2.05) is 0 Å². The van der Waals surface area contributed by atoms with Crippen molar-refractivity contribution in [2.45, 2.75) is 5.54 Å². The molecule has 0 aromatic heterocycles. The molecule has 0 fully saturated rings. The number of aliphatic hydroxyl groups is 3. The summed E-state index contributed by atoms with van der Waals surface area (Å²) in [6.45, 7) is 5.21. The second kappa shape index (κ2) is 28.0. The van der Waals surface area contributed by atoms with Gasteiger partial charge in [-0.05, 0) is 0 Å². The smallest absolute Gasteiger partial charge is 0.246 e. The average Bonchev–Trinajstić information content (AvgIpc) is 2.91. The minimum absolute atomic E-state index is 0.185. The van der Waals surface area contributed by atoms with Crippen molar-refractivity contribution in [2.24, 2.45) is 0 Å². The molecule has 0 saturated heterocycles. The summed E-state index contributed by atoms with van der Waals surface area (Å²) in [7, 11) is 1.63. The third-order valence-corrected chi connectivity index (χ3v) is 4.58. The molecule has 0 radical (unpaired) electrons. The molecule has 0 aromatic rings. The fourth-order valence-electron chi connectivity index (χ4n) is 2.45. The van der Waals surface area contributed by atoms with Gasteiger partial charge < -0.3 is 63.3 Å². The lowest BCUT2D eigenvalue weighted by Gasteiger charge is -2.28. The Morgan fingerprint density at radius 1 is 0.514 bits per heavy atom. The van der Waals surface area contributed by atoms with Crippen LogP contribution in [0.4, 0.5) is 0 Å². The third kappa shape index (κ3) is 23.8. The van der Waals surface area contributed by atoms with E-state index in [1.54, 1.807) is 7.11 Å². The summed E-state index contributed by atoms with van der Waals surface area (Å²) in [6.07, 6.45) is 0. The van der Waals surface area contributed by atoms with Crippen molar-refractivity contribution < 1.29 is 62.7 Å². The van der Waals surface area contributed by atoms with Crippen molar-refractivity contribution in [3.8, 4) is 0 Å². The predicted octanol–water partition coefficient (Wildman–Crippen LogP) is -2.40. The Labute approximate surface area is 219 Å². The Kier molecular flexibility index (Phi) is 27.2. The highest BCUT2D eigenvalue weighted by Crippen LogP contribution is 2.01. The SMILES string of the molecule is COCCOCCOCCOCCOCCOCCOCCOCCOCC(=O)NC(CO)(CO)CO. The third-order valence-electron chi connectivity index (χ3n) is 4.58. The van der Waals surface area contributed by atoms with Crippen LogP contribution in [-0.4, -0.2) is 166 Å². The summed E-state index contributed by atoms with van der Waals surface area (Å²) < 4.78 is 47.6. The van der Waals surface area contributed by atoms with E-state index in [9.17, 15) is 4.79 Å². The monoisotopic (exact) mass is 545 g/mol. The summed E-state index contributed by atoms with van der Waals surface area (Å²) in [6, 6.07) is 0. The lowest BCUT2D eigenvalue weighted by atomic mass is 10.0. The topological polar surface area (TPSA) is 173 Å². The van der Waals surface area contributed by atoms with Gasteiger partial charge in [0.1, 0.15) is 12.1 Å². The van der Waals surface area contributed by atoms with E-state index >= 15 is 0 Å². The van der Waals surface area contributed by atoms with Gasteiger partial charge in [0.25, 0.3) is 0 Å². The fraction of sp³-hybridized carbons (Fsp3) is 0.957. The van der Waals surface area contributed by atoms with Crippen molar-refractivity contribution >= 4 is 5.91 Å². The van der Waals surface area contributed by atoms with Gasteiger partial charge in [-0.25, -0.2) is 0 Å². The molecule has 0 bridgehead atoms. The van der Waals surface area contributed by atoms with Crippen molar-refractivity contribution in [3.63, 3.8) is 0 Å². The number of aliphatic hydroxyl groups excluding tert-OH is 3. The quantitative estimate of drug-likeness (QED) is 0.0704. The normalized spacial score (nSPS) is 11.8. The van der Waals surface area contributed by atoms with Gasteiger partial charge >= 0.3 is 0 Å². The maximum absolute atomic E-state index is 11.7. The first-order valence-electron chi connectivity index (χ1n) is 12.4. The lowest BCUT2D eigenvalue weighted by molar-refractivity contribution is -0.130. The van der Waals surface area contributed by atoms with Crippen LogP contribution in [0.15, 0.2) is 0 Å². The molecular formula is C23H47NO13. The number of ether oxygens (including phenoxy) is 9. The van der Waals surface area contributed by atoms with E-state index in [-0.39, 0.29) is 19.8 Å². The van der Waals surface area contributed by atoms with E-state index in [1.165, 1.54) is 0 Å². The van der Waals surface area contributed by atoms with Crippen LogP contribution in [0, 0.1) is 0 Å². The Hall–Kier alpha value is -1.01. The minimum atomic E-state index is -1.46. The summed E-state index contributed by atoms with van der Waals surface area (Å²) >= 11 is 0. The Balaban J connectivity index is 3.22. The predicted molar refractivity (Wildman–Crippen MR) is 131 cm³/mol. The van der Waals surface area contributed by atoms with E-state index in [2.05, 4.69) is 5.32 Å². The summed E-state index contributed by atoms with van der Waals surface area (Å²) in [4.78, 5) is 11.7. The maximum Gasteiger partial charge on any atom is 0.246 e. The number of carbonyl (C=O) groups excluding carboxylic acids is 1. The number of amides is 1. The molecule has 14 nitrogen and oxygen atoms in total. The van der Waals surface area contributed by atoms with Crippen LogP contribution < -0.4 is 5.32 Å². The van der Waals surface area contributed by atoms with Gasteiger partial charge in [0.05, 0.1) is 126 Å². The van der Waals surface area contributed by atoms with E-state index in [0.717, 1.165) is 0 Å². The molecular weight excluding hydrogens is 498 g/mol. The highest BCUT2D eigenvalue weighted by molar-refractivity contribution is 5.78. The molecule has 0 unspecified atom stereocenters. The summed E-state index contributed by atoms with van der Waals surface area (Å²) in [5.41, 5.74) is -1.46. The van der Waals surface area contributed by atoms with Gasteiger partial charge in [-0.15, -0.1) is 0 Å². The standard InChI is InChI=1S/C23H47NO13/c1-29-2-3-30-4-5-31-6-7-32-8-9-33-10-11-34-12-13-35-14-15-36-16-17-37-18-22(28)24-23(19-25,20-26)21-27/h25-27H,2-21H2,1H3,(H,24,28). The maximum atomic E-state index is 11.7. The molecule has 14 heteroatoms. The molecule has 4 N–H and O–H groups in total. The Morgan fingerprint density at radius 3 is 1.05 bits per heavy atom. The molecule has 1 amide bonds. The van der Waals surface area contributed by atoms with E-state index in [4.69, 9.17) is 58.0 Å². The molecule has 0 aliphatic heterocycles. The van der Waals surface area contributed by atoms with Crippen LogP contribution in [0.3, 0.4) is 0 Å². The highest BCUT2D eigenvalue weighted by atomic mass is 16.6. The van der Waals surface area contributed by atoms with E-state index in [0.29, 0.717) is 92.5 Å². The van der Waals surface area contributed by atoms with Gasteiger partial charge in [0, 0.05) is 7.11 Å². The molecule has 37 heavy (non-hydrogen) atoms. The molecule has 0 heterocycles. The van der Waals surface area contributed by atoms with Gasteiger partial charge in [0.2, 0.25) is 5.91 Å². The molecule has 0 atom stereocenters. The Bertz CT molecular complexity index is 475. The van der Waals surface area contributed by atoms with Gasteiger partial charge in [0.15, 0.2) is 0 Å². The molecule has 0 aliphatic carbocycles. The first kappa shape index (κ1) is 36.0. The van der Waals surface area contributed by atoms with Crippen LogP contribution in [0.25, 0.3) is 0 Å². The molecule has 222 valence electrons. The molecule has 0 aromatic carbocycles. The Morgan fingerprint density at radius 2 is 0.784 bits per heavy atom. The zero-order valence-electron chi connectivity index (χ0n) is 22.1. The van der Waals surface area contributed by atoms with Crippen LogP contribution >= 0.6 is 0 Å². The van der Waals surface area contributed by atoms with E-state index < -0.39 is 31.3 Å². The summed E-state index contributed by atoms with van der Waals surface area (Å²) in [5, 5.41) is 29.8. The number of rotatable bonds is 30. The van der Waals surface area contributed by atoms with Gasteiger partial charge in [-0.3, -0.25) is 4.79 Å².